The normalized spacial score (nSPS) is 12.2. The van der Waals surface area contributed by atoms with E-state index in [0.717, 1.165) is 32.4 Å². The Kier molecular flexibility index (Phi) is 8.83. The quantitative estimate of drug-likeness (QED) is 0.442. The third kappa shape index (κ3) is 11.9. The molecule has 0 aliphatic rings. The predicted octanol–water partition coefficient (Wildman–Crippen LogP) is 0.715. The van der Waals surface area contributed by atoms with Crippen LogP contribution in [-0.4, -0.2) is 50.3 Å². The maximum atomic E-state index is 10.5. The second-order valence-corrected chi connectivity index (χ2v) is 5.72. The molecule has 0 fully saturated rings. The molecule has 0 bridgehead atoms. The summed E-state index contributed by atoms with van der Waals surface area (Å²) >= 11 is 0. The maximum absolute atomic E-state index is 10.5. The Morgan fingerprint density at radius 1 is 1.06 bits per heavy atom. The van der Waals surface area contributed by atoms with Crippen LogP contribution in [0, 0.1) is 0 Å². The van der Waals surface area contributed by atoms with Crippen LogP contribution in [0.15, 0.2) is 0 Å². The van der Waals surface area contributed by atoms with Gasteiger partial charge in [-0.1, -0.05) is 12.8 Å². The Balaban J connectivity index is 3.34. The van der Waals surface area contributed by atoms with E-state index in [1.807, 2.05) is 7.05 Å². The highest BCUT2D eigenvalue weighted by Gasteiger charge is 2.05. The maximum Gasteiger partial charge on any atom is 0.264 e. The largest absolute Gasteiger partial charge is 0.330 e. The van der Waals surface area contributed by atoms with Crippen LogP contribution >= 0.6 is 0 Å². The van der Waals surface area contributed by atoms with Crippen LogP contribution < -0.4 is 5.73 Å². The summed E-state index contributed by atoms with van der Waals surface area (Å²) < 4.78 is 29.5. The standard InChI is InChI=1S/C10H24N2O3S/c1-12(8-5-3-2-4-7-11)9-6-10-16(13,14)15/h2-11H2,1H3,(H,13,14,15). The van der Waals surface area contributed by atoms with Gasteiger partial charge in [0.1, 0.15) is 0 Å². The van der Waals surface area contributed by atoms with Crippen LogP contribution in [0.25, 0.3) is 0 Å². The Morgan fingerprint density at radius 2 is 1.62 bits per heavy atom. The van der Waals surface area contributed by atoms with E-state index in [1.54, 1.807) is 0 Å². The summed E-state index contributed by atoms with van der Waals surface area (Å²) in [5, 5.41) is 0. The van der Waals surface area contributed by atoms with Gasteiger partial charge in [-0.05, 0) is 45.9 Å². The molecule has 0 aromatic heterocycles. The van der Waals surface area contributed by atoms with Crippen LogP contribution in [0.2, 0.25) is 0 Å². The lowest BCUT2D eigenvalue weighted by Crippen LogP contribution is -2.22. The lowest BCUT2D eigenvalue weighted by Gasteiger charge is -2.15. The summed E-state index contributed by atoms with van der Waals surface area (Å²) in [6.07, 6.45) is 5.00. The minimum atomic E-state index is -3.79. The van der Waals surface area contributed by atoms with Crippen molar-refractivity contribution < 1.29 is 13.0 Å². The third-order valence-electron chi connectivity index (χ3n) is 2.44. The first-order chi connectivity index (χ1) is 7.45. The Hall–Kier alpha value is -0.170. The lowest BCUT2D eigenvalue weighted by molar-refractivity contribution is 0.323. The zero-order valence-corrected chi connectivity index (χ0v) is 10.9. The van der Waals surface area contributed by atoms with Crippen LogP contribution in [0.3, 0.4) is 0 Å². The van der Waals surface area contributed by atoms with Gasteiger partial charge in [-0.3, -0.25) is 4.55 Å². The first-order valence-electron chi connectivity index (χ1n) is 5.79. The van der Waals surface area contributed by atoms with Gasteiger partial charge < -0.3 is 10.6 Å². The van der Waals surface area contributed by atoms with Crippen LogP contribution in [-0.2, 0) is 10.1 Å². The molecule has 0 aromatic rings. The minimum absolute atomic E-state index is 0.148. The molecule has 0 aromatic carbocycles. The van der Waals surface area contributed by atoms with Crippen molar-refractivity contribution in [2.45, 2.75) is 32.1 Å². The smallest absolute Gasteiger partial charge is 0.264 e. The number of hydrogen-bond acceptors (Lipinski definition) is 4. The number of hydrogen-bond donors (Lipinski definition) is 2. The molecule has 0 spiro atoms. The molecule has 0 aliphatic heterocycles. The molecule has 0 atom stereocenters. The van der Waals surface area contributed by atoms with Gasteiger partial charge in [-0.15, -0.1) is 0 Å². The highest BCUT2D eigenvalue weighted by Crippen LogP contribution is 2.00. The van der Waals surface area contributed by atoms with Gasteiger partial charge in [0.2, 0.25) is 0 Å². The first kappa shape index (κ1) is 15.8. The molecular formula is C10H24N2O3S. The van der Waals surface area contributed by atoms with Gasteiger partial charge in [0.15, 0.2) is 0 Å². The van der Waals surface area contributed by atoms with Gasteiger partial charge in [0.05, 0.1) is 5.75 Å². The van der Waals surface area contributed by atoms with Crippen molar-refractivity contribution in [3.8, 4) is 0 Å². The van der Waals surface area contributed by atoms with Gasteiger partial charge >= 0.3 is 0 Å². The molecule has 5 nitrogen and oxygen atoms in total. The van der Waals surface area contributed by atoms with Gasteiger partial charge in [0.25, 0.3) is 10.1 Å². The van der Waals surface area contributed by atoms with Gasteiger partial charge in [-0.25, -0.2) is 0 Å². The van der Waals surface area contributed by atoms with Crippen molar-refractivity contribution in [1.29, 1.82) is 0 Å². The van der Waals surface area contributed by atoms with E-state index < -0.39 is 10.1 Å². The van der Waals surface area contributed by atoms with Crippen molar-refractivity contribution in [2.24, 2.45) is 5.73 Å². The van der Waals surface area contributed by atoms with E-state index in [4.69, 9.17) is 10.3 Å². The molecule has 6 heteroatoms. The SMILES string of the molecule is CN(CCCCCCN)CCCS(=O)(=O)O. The average molecular weight is 252 g/mol. The summed E-state index contributed by atoms with van der Waals surface area (Å²) in [5.41, 5.74) is 5.39. The zero-order valence-electron chi connectivity index (χ0n) is 10.1. The van der Waals surface area contributed by atoms with Crippen LogP contribution in [0.1, 0.15) is 32.1 Å². The molecule has 0 aliphatic carbocycles. The Bertz CT molecular complexity index is 255. The number of unbranched alkanes of at least 4 members (excludes halogenated alkanes) is 3. The number of rotatable bonds is 10. The fourth-order valence-corrected chi connectivity index (χ4v) is 2.00. The van der Waals surface area contributed by atoms with E-state index in [9.17, 15) is 8.42 Å². The summed E-state index contributed by atoms with van der Waals surface area (Å²) in [7, 11) is -1.83. The van der Waals surface area contributed by atoms with Crippen molar-refractivity contribution in [3.63, 3.8) is 0 Å². The Labute approximate surface area is 98.8 Å². The topological polar surface area (TPSA) is 83.6 Å². The monoisotopic (exact) mass is 252 g/mol. The second-order valence-electron chi connectivity index (χ2n) is 4.15. The molecule has 0 saturated heterocycles. The minimum Gasteiger partial charge on any atom is -0.330 e. The molecule has 0 unspecified atom stereocenters. The number of nitrogens with zero attached hydrogens (tertiary/aromatic N) is 1. The molecule has 0 radical (unpaired) electrons. The van der Waals surface area contributed by atoms with Gasteiger partial charge in [-0.2, -0.15) is 8.42 Å². The third-order valence-corrected chi connectivity index (χ3v) is 3.24. The molecule has 3 N–H and O–H groups in total. The molecule has 0 heterocycles. The zero-order chi connectivity index (χ0) is 12.4. The summed E-state index contributed by atoms with van der Waals surface area (Å²) in [5.74, 6) is -0.148. The number of nitrogens with two attached hydrogens (primary N) is 1. The first-order valence-corrected chi connectivity index (χ1v) is 7.40. The lowest BCUT2D eigenvalue weighted by atomic mass is 10.2. The summed E-state index contributed by atoms with van der Waals surface area (Å²) in [4.78, 5) is 2.09. The highest BCUT2D eigenvalue weighted by atomic mass is 32.2. The van der Waals surface area contributed by atoms with E-state index in [2.05, 4.69) is 4.90 Å². The van der Waals surface area contributed by atoms with Crippen molar-refractivity contribution in [3.05, 3.63) is 0 Å². The fourth-order valence-electron chi connectivity index (χ4n) is 1.51. The molecule has 98 valence electrons. The van der Waals surface area contributed by atoms with E-state index >= 15 is 0 Å². The van der Waals surface area contributed by atoms with E-state index in [0.29, 0.717) is 13.0 Å². The Morgan fingerprint density at radius 3 is 2.19 bits per heavy atom. The summed E-state index contributed by atoms with van der Waals surface area (Å²) in [6.45, 7) is 2.43. The van der Waals surface area contributed by atoms with Crippen molar-refractivity contribution in [1.82, 2.24) is 4.90 Å². The fraction of sp³-hybridized carbons (Fsp3) is 1.00. The molecule has 0 amide bonds. The van der Waals surface area contributed by atoms with E-state index in [1.165, 1.54) is 6.42 Å². The van der Waals surface area contributed by atoms with Gasteiger partial charge in [0, 0.05) is 0 Å². The molecule has 16 heavy (non-hydrogen) atoms. The van der Waals surface area contributed by atoms with Crippen LogP contribution in [0.5, 0.6) is 0 Å². The average Bonchev–Trinajstić information content (AvgIpc) is 2.15. The van der Waals surface area contributed by atoms with Crippen molar-refractivity contribution in [2.75, 3.05) is 32.4 Å². The molecular weight excluding hydrogens is 228 g/mol. The van der Waals surface area contributed by atoms with E-state index in [-0.39, 0.29) is 5.75 Å². The predicted molar refractivity (Wildman–Crippen MR) is 66.1 cm³/mol. The molecule has 0 saturated carbocycles. The van der Waals surface area contributed by atoms with Crippen molar-refractivity contribution >= 4 is 10.1 Å². The molecule has 0 rings (SSSR count). The highest BCUT2D eigenvalue weighted by molar-refractivity contribution is 7.85. The second kappa shape index (κ2) is 8.92. The summed E-state index contributed by atoms with van der Waals surface area (Å²) in [6, 6.07) is 0. The van der Waals surface area contributed by atoms with Crippen LogP contribution in [0.4, 0.5) is 0 Å².